The van der Waals surface area contributed by atoms with Crippen molar-refractivity contribution in [3.63, 3.8) is 0 Å². The van der Waals surface area contributed by atoms with Gasteiger partial charge in [-0.05, 0) is 25.5 Å². The van der Waals surface area contributed by atoms with Crippen LogP contribution in [-0.2, 0) is 27.2 Å². The number of hydrogen-bond acceptors (Lipinski definition) is 3. The first-order valence-corrected chi connectivity index (χ1v) is 7.64. The molecule has 0 aliphatic heterocycles. The fourth-order valence-corrected chi connectivity index (χ4v) is 1.95. The molecule has 0 amide bonds. The smallest absolute Gasteiger partial charge is 0.298 e. The van der Waals surface area contributed by atoms with Crippen LogP contribution in [0.25, 0.3) is 0 Å². The Morgan fingerprint density at radius 3 is 2.20 bits per heavy atom. The van der Waals surface area contributed by atoms with Crippen LogP contribution in [0.3, 0.4) is 0 Å². The van der Waals surface area contributed by atoms with Crippen molar-refractivity contribution >= 4 is 15.6 Å². The maximum absolute atomic E-state index is 12.5. The molecule has 0 spiro atoms. The number of Topliss-reactive ketones (excluding diaryl/α,β-unsaturated/α-hetero) is 1. The van der Waals surface area contributed by atoms with Crippen molar-refractivity contribution in [1.29, 1.82) is 0 Å². The number of ketones is 1. The molecule has 0 heterocycles. The third-order valence-corrected chi connectivity index (χ3v) is 5.30. The summed E-state index contributed by atoms with van der Waals surface area (Å²) in [6.07, 6.45) is -3.92. The SMILES string of the molecule is CC(C)(C(=O)Cc1cccc(C(F)(F)F)c1)S(C)(=O)=O. The van der Waals surface area contributed by atoms with Crippen LogP contribution in [0.2, 0.25) is 0 Å². The van der Waals surface area contributed by atoms with Crippen LogP contribution in [0, 0.1) is 0 Å². The van der Waals surface area contributed by atoms with E-state index in [-0.39, 0.29) is 12.0 Å². The Morgan fingerprint density at radius 2 is 1.75 bits per heavy atom. The minimum absolute atomic E-state index is 0.140. The second-order valence-electron chi connectivity index (χ2n) is 5.08. The Kier molecular flexibility index (Phi) is 4.34. The lowest BCUT2D eigenvalue weighted by molar-refractivity contribution is -0.137. The van der Waals surface area contributed by atoms with Crippen LogP contribution in [-0.4, -0.2) is 25.2 Å². The average molecular weight is 308 g/mol. The highest BCUT2D eigenvalue weighted by Gasteiger charge is 2.38. The summed E-state index contributed by atoms with van der Waals surface area (Å²) in [7, 11) is -3.63. The number of alkyl halides is 3. The number of carbonyl (C=O) groups excluding carboxylic acids is 1. The minimum atomic E-state index is -4.49. The minimum Gasteiger partial charge on any atom is -0.298 e. The Bertz CT molecular complexity index is 616. The zero-order chi connectivity index (χ0) is 15.8. The fourth-order valence-electron chi connectivity index (χ4n) is 1.46. The van der Waals surface area contributed by atoms with Crippen molar-refractivity contribution in [2.24, 2.45) is 0 Å². The summed E-state index contributed by atoms with van der Waals surface area (Å²) in [6.45, 7) is 2.50. The second kappa shape index (κ2) is 5.20. The summed E-state index contributed by atoms with van der Waals surface area (Å²) < 4.78 is 59.0. The molecule has 0 saturated carbocycles. The summed E-state index contributed by atoms with van der Waals surface area (Å²) in [5.74, 6) is -0.640. The van der Waals surface area contributed by atoms with Crippen LogP contribution < -0.4 is 0 Å². The molecule has 7 heteroatoms. The van der Waals surface area contributed by atoms with Gasteiger partial charge in [0.25, 0.3) is 0 Å². The molecule has 0 bridgehead atoms. The summed E-state index contributed by atoms with van der Waals surface area (Å²) in [5.41, 5.74) is -0.721. The van der Waals surface area contributed by atoms with Gasteiger partial charge in [-0.15, -0.1) is 0 Å². The normalized spacial score (nSPS) is 13.3. The van der Waals surface area contributed by atoms with E-state index < -0.39 is 32.1 Å². The van der Waals surface area contributed by atoms with Crippen LogP contribution in [0.5, 0.6) is 0 Å². The number of rotatable bonds is 4. The number of carbonyl (C=O) groups is 1. The van der Waals surface area contributed by atoms with Crippen molar-refractivity contribution < 1.29 is 26.4 Å². The molecule has 0 unspecified atom stereocenters. The van der Waals surface area contributed by atoms with E-state index in [0.717, 1.165) is 18.4 Å². The van der Waals surface area contributed by atoms with E-state index in [1.165, 1.54) is 26.0 Å². The van der Waals surface area contributed by atoms with Crippen molar-refractivity contribution in [2.45, 2.75) is 31.2 Å². The molecule has 1 aromatic carbocycles. The quantitative estimate of drug-likeness (QED) is 0.859. The Hall–Kier alpha value is -1.37. The summed E-state index contributed by atoms with van der Waals surface area (Å²) in [4.78, 5) is 12.0. The van der Waals surface area contributed by atoms with E-state index in [0.29, 0.717) is 0 Å². The summed E-state index contributed by atoms with van der Waals surface area (Å²) in [5, 5.41) is 0. The predicted molar refractivity (Wildman–Crippen MR) is 69.1 cm³/mol. The van der Waals surface area contributed by atoms with Crippen molar-refractivity contribution in [2.75, 3.05) is 6.26 Å². The van der Waals surface area contributed by atoms with Gasteiger partial charge < -0.3 is 0 Å². The highest BCUT2D eigenvalue weighted by atomic mass is 32.2. The van der Waals surface area contributed by atoms with Crippen LogP contribution >= 0.6 is 0 Å². The molecule has 0 aromatic heterocycles. The molecule has 20 heavy (non-hydrogen) atoms. The zero-order valence-electron chi connectivity index (χ0n) is 11.3. The van der Waals surface area contributed by atoms with Crippen LogP contribution in [0.4, 0.5) is 13.2 Å². The molecule has 0 N–H and O–H groups in total. The largest absolute Gasteiger partial charge is 0.416 e. The van der Waals surface area contributed by atoms with Crippen molar-refractivity contribution in [3.05, 3.63) is 35.4 Å². The molecule has 112 valence electrons. The summed E-state index contributed by atoms with van der Waals surface area (Å²) >= 11 is 0. The number of benzene rings is 1. The Balaban J connectivity index is 3.04. The molecule has 1 rings (SSSR count). The van der Waals surface area contributed by atoms with Gasteiger partial charge in [-0.2, -0.15) is 13.2 Å². The maximum Gasteiger partial charge on any atom is 0.416 e. The molecular weight excluding hydrogens is 293 g/mol. The van der Waals surface area contributed by atoms with Crippen molar-refractivity contribution in [3.8, 4) is 0 Å². The lowest BCUT2D eigenvalue weighted by atomic mass is 9.99. The molecular formula is C13H15F3O3S. The first-order chi connectivity index (χ1) is 8.85. The van der Waals surface area contributed by atoms with E-state index in [2.05, 4.69) is 0 Å². The fraction of sp³-hybridized carbons (Fsp3) is 0.462. The number of halogens is 3. The Labute approximate surface area is 115 Å². The third kappa shape index (κ3) is 3.59. The maximum atomic E-state index is 12.5. The molecule has 0 saturated heterocycles. The van der Waals surface area contributed by atoms with E-state index in [4.69, 9.17) is 0 Å². The monoisotopic (exact) mass is 308 g/mol. The Morgan fingerprint density at radius 1 is 1.20 bits per heavy atom. The number of hydrogen-bond donors (Lipinski definition) is 0. The van der Waals surface area contributed by atoms with Gasteiger partial charge in [0.05, 0.1) is 5.56 Å². The van der Waals surface area contributed by atoms with Gasteiger partial charge in [0.15, 0.2) is 15.6 Å². The lowest BCUT2D eigenvalue weighted by Crippen LogP contribution is -2.40. The van der Waals surface area contributed by atoms with E-state index >= 15 is 0 Å². The van der Waals surface area contributed by atoms with E-state index in [9.17, 15) is 26.4 Å². The standard InChI is InChI=1S/C13H15F3O3S/c1-12(2,20(3,18)19)11(17)8-9-5-4-6-10(7-9)13(14,15)16/h4-7H,8H2,1-3H3. The topological polar surface area (TPSA) is 51.2 Å². The van der Waals surface area contributed by atoms with Gasteiger partial charge >= 0.3 is 6.18 Å². The van der Waals surface area contributed by atoms with Crippen LogP contribution in [0.15, 0.2) is 24.3 Å². The van der Waals surface area contributed by atoms with Crippen LogP contribution in [0.1, 0.15) is 25.0 Å². The van der Waals surface area contributed by atoms with E-state index in [1.54, 1.807) is 0 Å². The molecule has 1 aromatic rings. The average Bonchev–Trinajstić information content (AvgIpc) is 2.26. The van der Waals surface area contributed by atoms with Gasteiger partial charge in [-0.25, -0.2) is 8.42 Å². The summed E-state index contributed by atoms with van der Waals surface area (Å²) in [6, 6.07) is 4.32. The molecule has 0 aliphatic rings. The van der Waals surface area contributed by atoms with Gasteiger partial charge in [0.1, 0.15) is 4.75 Å². The molecule has 3 nitrogen and oxygen atoms in total. The zero-order valence-corrected chi connectivity index (χ0v) is 12.1. The first-order valence-electron chi connectivity index (χ1n) is 5.75. The number of sulfone groups is 1. The lowest BCUT2D eigenvalue weighted by Gasteiger charge is -2.21. The first kappa shape index (κ1) is 16.7. The van der Waals surface area contributed by atoms with Crippen molar-refractivity contribution in [1.82, 2.24) is 0 Å². The predicted octanol–water partition coefficient (Wildman–Crippen LogP) is 2.64. The van der Waals surface area contributed by atoms with Gasteiger partial charge in [-0.1, -0.05) is 18.2 Å². The molecule has 0 fully saturated rings. The molecule has 0 atom stereocenters. The van der Waals surface area contributed by atoms with E-state index in [1.807, 2.05) is 0 Å². The van der Waals surface area contributed by atoms with Gasteiger partial charge in [0, 0.05) is 12.7 Å². The molecule has 0 aliphatic carbocycles. The second-order valence-corrected chi connectivity index (χ2v) is 7.65. The third-order valence-electron chi connectivity index (χ3n) is 3.22. The van der Waals surface area contributed by atoms with Gasteiger partial charge in [-0.3, -0.25) is 4.79 Å². The highest BCUT2D eigenvalue weighted by molar-refractivity contribution is 7.92. The van der Waals surface area contributed by atoms with Gasteiger partial charge in [0.2, 0.25) is 0 Å². The highest BCUT2D eigenvalue weighted by Crippen LogP contribution is 2.30. The molecule has 0 radical (unpaired) electrons.